The second-order valence-corrected chi connectivity index (χ2v) is 14.4. The van der Waals surface area contributed by atoms with E-state index >= 15 is 0 Å². The van der Waals surface area contributed by atoms with Crippen molar-refractivity contribution < 1.29 is 23.9 Å². The van der Waals surface area contributed by atoms with Gasteiger partial charge in [-0.2, -0.15) is 0 Å². The lowest BCUT2D eigenvalue weighted by molar-refractivity contribution is -0.161. The van der Waals surface area contributed by atoms with Gasteiger partial charge < -0.3 is 19.7 Å². The van der Waals surface area contributed by atoms with Crippen molar-refractivity contribution in [2.24, 2.45) is 5.92 Å². The third-order valence-corrected chi connectivity index (χ3v) is 8.72. The highest BCUT2D eigenvalue weighted by Gasteiger charge is 2.32. The van der Waals surface area contributed by atoms with Gasteiger partial charge >= 0.3 is 18.0 Å². The third-order valence-electron chi connectivity index (χ3n) is 8.72. The molecule has 52 heavy (non-hydrogen) atoms. The molecule has 0 aromatic heterocycles. The van der Waals surface area contributed by atoms with Crippen LogP contribution in [0.25, 0.3) is 0 Å². The number of ether oxygens (including phenoxy) is 2. The van der Waals surface area contributed by atoms with Gasteiger partial charge in [0.05, 0.1) is 13.0 Å². The van der Waals surface area contributed by atoms with Gasteiger partial charge in [0.25, 0.3) is 0 Å². The number of nitrogens with one attached hydrogen (secondary N) is 1. The van der Waals surface area contributed by atoms with Crippen LogP contribution in [0.5, 0.6) is 0 Å². The summed E-state index contributed by atoms with van der Waals surface area (Å²) >= 11 is 0. The average molecular weight is 706 g/mol. The van der Waals surface area contributed by atoms with Crippen molar-refractivity contribution in [2.45, 2.75) is 78.1 Å². The number of hydrogen-bond donors (Lipinski definition) is 1. The standard InChI is InChI=1S/C44H55N3O5/c1-6-7-27-47(43(50)45-40(42(49)51-5)29-36-25-23-35(24-26-36)28-34-17-11-8-12-18-34)33-39(41(48)52-44(2,3)4)32-46(30-37-19-13-9-14-20-37)31-38-21-15-10-16-22-38/h8-26,39-40H,6-7,27-33H2,1-5H3,(H,45,50)/t39-,40-/m0/s1. The molecule has 0 saturated heterocycles. The Kier molecular flexibility index (Phi) is 15.5. The molecule has 1 N–H and O–H groups in total. The number of nitrogens with zero attached hydrogens (tertiary/aromatic N) is 2. The molecule has 2 amide bonds. The van der Waals surface area contributed by atoms with Gasteiger partial charge in [-0.15, -0.1) is 0 Å². The molecule has 4 rings (SSSR count). The molecule has 0 aliphatic carbocycles. The topological polar surface area (TPSA) is 88.2 Å². The number of carbonyl (C=O) groups excluding carboxylic acids is 3. The van der Waals surface area contributed by atoms with Gasteiger partial charge in [-0.3, -0.25) is 9.69 Å². The normalized spacial score (nSPS) is 12.5. The lowest BCUT2D eigenvalue weighted by atomic mass is 10.0. The third kappa shape index (κ3) is 13.6. The highest BCUT2D eigenvalue weighted by Crippen LogP contribution is 2.19. The van der Waals surface area contributed by atoms with Crippen LogP contribution >= 0.6 is 0 Å². The van der Waals surface area contributed by atoms with E-state index in [-0.39, 0.29) is 18.9 Å². The van der Waals surface area contributed by atoms with E-state index in [4.69, 9.17) is 9.47 Å². The molecule has 0 aliphatic heterocycles. The van der Waals surface area contributed by atoms with Gasteiger partial charge in [0, 0.05) is 39.1 Å². The SMILES string of the molecule is CCCCN(C[C@H](CN(Cc1ccccc1)Cc1ccccc1)C(=O)OC(C)(C)C)C(=O)N[C@@H](Cc1ccc(Cc2ccccc2)cc1)C(=O)OC. The summed E-state index contributed by atoms with van der Waals surface area (Å²) < 4.78 is 11.1. The minimum absolute atomic E-state index is 0.128. The van der Waals surface area contributed by atoms with E-state index in [1.54, 1.807) is 4.90 Å². The first-order chi connectivity index (χ1) is 25.0. The van der Waals surface area contributed by atoms with E-state index in [9.17, 15) is 14.4 Å². The fourth-order valence-corrected chi connectivity index (χ4v) is 6.10. The minimum Gasteiger partial charge on any atom is -0.467 e. The maximum atomic E-state index is 14.1. The number of amides is 2. The van der Waals surface area contributed by atoms with E-state index in [1.807, 2.05) is 99.6 Å². The summed E-state index contributed by atoms with van der Waals surface area (Å²) in [5.41, 5.74) is 4.81. The van der Waals surface area contributed by atoms with Crippen LogP contribution in [0.3, 0.4) is 0 Å². The van der Waals surface area contributed by atoms with Crippen molar-refractivity contribution in [1.82, 2.24) is 15.1 Å². The summed E-state index contributed by atoms with van der Waals surface area (Å²) in [5, 5.41) is 2.95. The largest absolute Gasteiger partial charge is 0.467 e. The van der Waals surface area contributed by atoms with Gasteiger partial charge in [-0.1, -0.05) is 129 Å². The Morgan fingerprint density at radius 1 is 0.673 bits per heavy atom. The molecule has 8 heteroatoms. The van der Waals surface area contributed by atoms with Crippen LogP contribution in [0.4, 0.5) is 4.79 Å². The summed E-state index contributed by atoms with van der Waals surface area (Å²) in [6.45, 7) is 9.75. The molecule has 4 aromatic rings. The zero-order valence-corrected chi connectivity index (χ0v) is 31.4. The van der Waals surface area contributed by atoms with Gasteiger partial charge in [-0.05, 0) is 61.4 Å². The summed E-state index contributed by atoms with van der Waals surface area (Å²) in [7, 11) is 1.33. The van der Waals surface area contributed by atoms with Gasteiger partial charge in [0.15, 0.2) is 0 Å². The molecule has 0 spiro atoms. The summed E-state index contributed by atoms with van der Waals surface area (Å²) in [6.07, 6.45) is 2.66. The second kappa shape index (κ2) is 20.2. The number of urea groups is 1. The van der Waals surface area contributed by atoms with Gasteiger partial charge in [0.1, 0.15) is 11.6 Å². The average Bonchev–Trinajstić information content (AvgIpc) is 3.13. The molecular formula is C44H55N3O5. The molecule has 276 valence electrons. The maximum absolute atomic E-state index is 14.1. The lowest BCUT2D eigenvalue weighted by Gasteiger charge is -2.33. The molecule has 0 saturated carbocycles. The van der Waals surface area contributed by atoms with Crippen molar-refractivity contribution in [3.05, 3.63) is 143 Å². The first-order valence-electron chi connectivity index (χ1n) is 18.3. The van der Waals surface area contributed by atoms with Crippen LogP contribution in [0.2, 0.25) is 0 Å². The summed E-state index contributed by atoms with van der Waals surface area (Å²) in [4.78, 5) is 44.9. The van der Waals surface area contributed by atoms with E-state index in [0.29, 0.717) is 26.2 Å². The molecule has 4 aromatic carbocycles. The molecule has 0 heterocycles. The number of carbonyl (C=O) groups is 3. The van der Waals surface area contributed by atoms with Crippen LogP contribution < -0.4 is 5.32 Å². The van der Waals surface area contributed by atoms with E-state index in [1.165, 1.54) is 12.7 Å². The van der Waals surface area contributed by atoms with E-state index in [2.05, 4.69) is 53.5 Å². The molecule has 8 nitrogen and oxygen atoms in total. The van der Waals surface area contributed by atoms with Crippen molar-refractivity contribution >= 4 is 18.0 Å². The predicted octanol–water partition coefficient (Wildman–Crippen LogP) is 7.83. The van der Waals surface area contributed by atoms with E-state index in [0.717, 1.165) is 41.5 Å². The zero-order chi connectivity index (χ0) is 37.3. The summed E-state index contributed by atoms with van der Waals surface area (Å²) in [5.74, 6) is -1.55. The molecule has 0 bridgehead atoms. The minimum atomic E-state index is -0.908. The Balaban J connectivity index is 1.54. The first-order valence-corrected chi connectivity index (χ1v) is 18.3. The Labute approximate surface area is 310 Å². The van der Waals surface area contributed by atoms with Gasteiger partial charge in [0.2, 0.25) is 0 Å². The highest BCUT2D eigenvalue weighted by molar-refractivity contribution is 5.84. The maximum Gasteiger partial charge on any atom is 0.328 e. The smallest absolute Gasteiger partial charge is 0.328 e. The Hall–Kier alpha value is -4.95. The molecule has 0 radical (unpaired) electrons. The fourth-order valence-electron chi connectivity index (χ4n) is 6.10. The number of esters is 2. The van der Waals surface area contributed by atoms with Crippen molar-refractivity contribution in [2.75, 3.05) is 26.7 Å². The lowest BCUT2D eigenvalue weighted by Crippen LogP contribution is -2.52. The number of hydrogen-bond acceptors (Lipinski definition) is 6. The second-order valence-electron chi connectivity index (χ2n) is 14.4. The quantitative estimate of drug-likeness (QED) is 0.106. The highest BCUT2D eigenvalue weighted by atomic mass is 16.6. The first kappa shape index (κ1) is 39.8. The van der Waals surface area contributed by atoms with Crippen LogP contribution in [-0.4, -0.2) is 66.2 Å². The van der Waals surface area contributed by atoms with Crippen molar-refractivity contribution in [3.8, 4) is 0 Å². The Morgan fingerprint density at radius 3 is 1.67 bits per heavy atom. The number of rotatable bonds is 18. The van der Waals surface area contributed by atoms with Crippen LogP contribution in [-0.2, 0) is 45.0 Å². The Morgan fingerprint density at radius 2 is 1.17 bits per heavy atom. The summed E-state index contributed by atoms with van der Waals surface area (Å²) in [6, 6.07) is 37.3. The van der Waals surface area contributed by atoms with Crippen molar-refractivity contribution in [3.63, 3.8) is 0 Å². The van der Waals surface area contributed by atoms with Crippen LogP contribution in [0, 0.1) is 5.92 Å². The molecular weight excluding hydrogens is 651 g/mol. The van der Waals surface area contributed by atoms with Crippen LogP contribution in [0.1, 0.15) is 68.4 Å². The molecule has 2 atom stereocenters. The number of benzene rings is 4. The molecule has 0 unspecified atom stereocenters. The zero-order valence-electron chi connectivity index (χ0n) is 31.4. The van der Waals surface area contributed by atoms with E-state index < -0.39 is 29.6 Å². The Bertz CT molecular complexity index is 1620. The molecule has 0 aliphatic rings. The molecule has 0 fully saturated rings. The monoisotopic (exact) mass is 705 g/mol. The predicted molar refractivity (Wildman–Crippen MR) is 207 cm³/mol. The van der Waals surface area contributed by atoms with Crippen molar-refractivity contribution in [1.29, 1.82) is 0 Å². The number of methoxy groups -OCH3 is 1. The van der Waals surface area contributed by atoms with Gasteiger partial charge in [-0.25, -0.2) is 9.59 Å². The van der Waals surface area contributed by atoms with Crippen LogP contribution in [0.15, 0.2) is 115 Å². The number of unbranched alkanes of at least 4 members (excludes halogenated alkanes) is 1. The fraction of sp³-hybridized carbons (Fsp3) is 0.386.